The van der Waals surface area contributed by atoms with E-state index in [1.165, 1.54) is 19.3 Å². The van der Waals surface area contributed by atoms with Crippen LogP contribution in [-0.2, 0) is 4.79 Å². The number of carbonyl (C=O) groups is 1. The monoisotopic (exact) mass is 225 g/mol. The van der Waals surface area contributed by atoms with E-state index in [1.807, 2.05) is 0 Å². The zero-order chi connectivity index (χ0) is 12.2. The molecule has 1 unspecified atom stereocenters. The lowest BCUT2D eigenvalue weighted by atomic mass is 9.73. The van der Waals surface area contributed by atoms with Crippen molar-refractivity contribution in [2.24, 2.45) is 5.92 Å². The molecule has 0 aromatic rings. The van der Waals surface area contributed by atoms with E-state index in [0.717, 1.165) is 25.7 Å². The molecular weight excluding hydrogens is 198 g/mol. The summed E-state index contributed by atoms with van der Waals surface area (Å²) in [6, 6.07) is 0. The predicted octanol–water partition coefficient (Wildman–Crippen LogP) is 3.26. The quantitative estimate of drug-likeness (QED) is 0.716. The molecule has 16 heavy (non-hydrogen) atoms. The summed E-state index contributed by atoms with van der Waals surface area (Å²) in [6.07, 6.45) is 7.99. The Bertz CT molecular complexity index is 229. The predicted molar refractivity (Wildman–Crippen MR) is 68.6 cm³/mol. The molecule has 94 valence electrons. The number of hydrogen-bond acceptors (Lipinski definition) is 2. The molecule has 2 nitrogen and oxygen atoms in total. The van der Waals surface area contributed by atoms with Gasteiger partial charge in [-0.05, 0) is 33.4 Å². The molecular formula is C14H27NO. The number of ketones is 1. The van der Waals surface area contributed by atoms with E-state index in [4.69, 9.17) is 0 Å². The molecule has 0 aliphatic heterocycles. The van der Waals surface area contributed by atoms with Crippen molar-refractivity contribution < 1.29 is 4.79 Å². The molecule has 1 fully saturated rings. The summed E-state index contributed by atoms with van der Waals surface area (Å²) in [4.78, 5) is 14.8. The van der Waals surface area contributed by atoms with E-state index in [-0.39, 0.29) is 11.5 Å². The highest BCUT2D eigenvalue weighted by molar-refractivity contribution is 5.90. The van der Waals surface area contributed by atoms with Crippen LogP contribution in [0.5, 0.6) is 0 Å². The summed E-state index contributed by atoms with van der Waals surface area (Å²) in [5.41, 5.74) is -0.146. The van der Waals surface area contributed by atoms with Gasteiger partial charge >= 0.3 is 0 Å². The molecule has 0 radical (unpaired) electrons. The Morgan fingerprint density at radius 3 is 2.25 bits per heavy atom. The third-order valence-electron chi connectivity index (χ3n) is 4.16. The van der Waals surface area contributed by atoms with Crippen LogP contribution in [0.1, 0.15) is 58.8 Å². The van der Waals surface area contributed by atoms with Gasteiger partial charge in [-0.3, -0.25) is 9.69 Å². The second-order valence-electron chi connectivity index (χ2n) is 5.54. The van der Waals surface area contributed by atoms with Gasteiger partial charge in [0, 0.05) is 5.92 Å². The third kappa shape index (κ3) is 2.65. The largest absolute Gasteiger partial charge is 0.297 e. The minimum atomic E-state index is -0.146. The maximum atomic E-state index is 12.6. The molecule has 0 aromatic carbocycles. The summed E-state index contributed by atoms with van der Waals surface area (Å²) in [6.45, 7) is 4.26. The molecule has 2 heteroatoms. The van der Waals surface area contributed by atoms with Crippen LogP contribution in [0, 0.1) is 5.92 Å². The van der Waals surface area contributed by atoms with Crippen LogP contribution in [0.2, 0.25) is 0 Å². The van der Waals surface area contributed by atoms with Crippen LogP contribution in [0.4, 0.5) is 0 Å². The Morgan fingerprint density at radius 2 is 1.81 bits per heavy atom. The first-order valence-electron chi connectivity index (χ1n) is 6.76. The van der Waals surface area contributed by atoms with E-state index in [2.05, 4.69) is 32.8 Å². The average molecular weight is 225 g/mol. The molecule has 1 aliphatic carbocycles. The van der Waals surface area contributed by atoms with Gasteiger partial charge < -0.3 is 0 Å². The van der Waals surface area contributed by atoms with Crippen molar-refractivity contribution in [2.45, 2.75) is 64.3 Å². The smallest absolute Gasteiger partial charge is 0.155 e. The van der Waals surface area contributed by atoms with Crippen LogP contribution in [0.15, 0.2) is 0 Å². The fourth-order valence-corrected chi connectivity index (χ4v) is 3.07. The number of nitrogens with zero attached hydrogens (tertiary/aromatic N) is 1. The average Bonchev–Trinajstić information content (AvgIpc) is 2.29. The van der Waals surface area contributed by atoms with Gasteiger partial charge in [-0.25, -0.2) is 0 Å². The van der Waals surface area contributed by atoms with Crippen molar-refractivity contribution in [3.63, 3.8) is 0 Å². The molecule has 0 amide bonds. The van der Waals surface area contributed by atoms with E-state index in [1.54, 1.807) is 0 Å². The van der Waals surface area contributed by atoms with Gasteiger partial charge in [0.15, 0.2) is 5.78 Å². The molecule has 0 saturated heterocycles. The van der Waals surface area contributed by atoms with E-state index >= 15 is 0 Å². The fourth-order valence-electron chi connectivity index (χ4n) is 3.07. The van der Waals surface area contributed by atoms with Crippen LogP contribution >= 0.6 is 0 Å². The standard InChI is InChI=1S/C14H27NO/c1-5-9-12(2)13(16)14(15(3)4)10-7-6-8-11-14/h12H,5-11H2,1-4H3. The van der Waals surface area contributed by atoms with Crippen molar-refractivity contribution in [1.29, 1.82) is 0 Å². The lowest BCUT2D eigenvalue weighted by Gasteiger charge is -2.43. The molecule has 0 N–H and O–H groups in total. The Morgan fingerprint density at radius 1 is 1.25 bits per heavy atom. The van der Waals surface area contributed by atoms with Crippen LogP contribution < -0.4 is 0 Å². The van der Waals surface area contributed by atoms with Crippen LogP contribution in [0.25, 0.3) is 0 Å². The van der Waals surface area contributed by atoms with Gasteiger partial charge in [-0.2, -0.15) is 0 Å². The van der Waals surface area contributed by atoms with Gasteiger partial charge in [0.2, 0.25) is 0 Å². The highest BCUT2D eigenvalue weighted by Gasteiger charge is 2.42. The molecule has 0 aromatic heterocycles. The molecule has 1 atom stereocenters. The van der Waals surface area contributed by atoms with Gasteiger partial charge in [0.05, 0.1) is 5.54 Å². The highest BCUT2D eigenvalue weighted by atomic mass is 16.1. The maximum absolute atomic E-state index is 12.6. The van der Waals surface area contributed by atoms with Crippen LogP contribution in [-0.4, -0.2) is 30.3 Å². The van der Waals surface area contributed by atoms with Gasteiger partial charge in [-0.1, -0.05) is 39.5 Å². The van der Waals surface area contributed by atoms with E-state index in [0.29, 0.717) is 5.78 Å². The van der Waals surface area contributed by atoms with Crippen molar-refractivity contribution >= 4 is 5.78 Å². The summed E-state index contributed by atoms with van der Waals surface area (Å²) in [5.74, 6) is 0.713. The van der Waals surface area contributed by atoms with Crippen molar-refractivity contribution in [1.82, 2.24) is 4.90 Å². The van der Waals surface area contributed by atoms with Crippen molar-refractivity contribution in [2.75, 3.05) is 14.1 Å². The van der Waals surface area contributed by atoms with Crippen molar-refractivity contribution in [3.8, 4) is 0 Å². The first-order chi connectivity index (χ1) is 7.54. The van der Waals surface area contributed by atoms with Crippen LogP contribution in [0.3, 0.4) is 0 Å². The highest BCUT2D eigenvalue weighted by Crippen LogP contribution is 2.35. The zero-order valence-electron chi connectivity index (χ0n) is 11.4. The number of likely N-dealkylation sites (N-methyl/N-ethyl adjacent to an activating group) is 1. The zero-order valence-corrected chi connectivity index (χ0v) is 11.4. The third-order valence-corrected chi connectivity index (χ3v) is 4.16. The minimum absolute atomic E-state index is 0.146. The first-order valence-corrected chi connectivity index (χ1v) is 6.76. The Kier molecular flexibility index (Phi) is 4.97. The van der Waals surface area contributed by atoms with Gasteiger partial charge in [0.1, 0.15) is 0 Å². The molecule has 0 bridgehead atoms. The lowest BCUT2D eigenvalue weighted by molar-refractivity contribution is -0.135. The SMILES string of the molecule is CCCC(C)C(=O)C1(N(C)C)CCCCC1. The molecule has 1 saturated carbocycles. The lowest BCUT2D eigenvalue weighted by Crippen LogP contribution is -2.54. The number of carbonyl (C=O) groups excluding carboxylic acids is 1. The number of Topliss-reactive ketones (excluding diaryl/α,β-unsaturated/α-hetero) is 1. The Labute approximate surface area is 100 Å². The number of rotatable bonds is 5. The summed E-state index contributed by atoms with van der Waals surface area (Å²) >= 11 is 0. The van der Waals surface area contributed by atoms with Crippen molar-refractivity contribution in [3.05, 3.63) is 0 Å². The van der Waals surface area contributed by atoms with Gasteiger partial charge in [0.25, 0.3) is 0 Å². The summed E-state index contributed by atoms with van der Waals surface area (Å²) < 4.78 is 0. The number of hydrogen-bond donors (Lipinski definition) is 0. The molecule has 1 rings (SSSR count). The molecule has 0 spiro atoms. The van der Waals surface area contributed by atoms with E-state index in [9.17, 15) is 4.79 Å². The maximum Gasteiger partial charge on any atom is 0.155 e. The Hall–Kier alpha value is -0.370. The minimum Gasteiger partial charge on any atom is -0.297 e. The van der Waals surface area contributed by atoms with Gasteiger partial charge in [-0.15, -0.1) is 0 Å². The summed E-state index contributed by atoms with van der Waals surface area (Å²) in [7, 11) is 4.14. The fraction of sp³-hybridized carbons (Fsp3) is 0.929. The van der Waals surface area contributed by atoms with E-state index < -0.39 is 0 Å². The Balaban J connectivity index is 2.79. The molecule has 0 heterocycles. The summed E-state index contributed by atoms with van der Waals surface area (Å²) in [5, 5.41) is 0. The molecule has 1 aliphatic rings. The first kappa shape index (κ1) is 13.7. The second kappa shape index (κ2) is 5.81. The topological polar surface area (TPSA) is 20.3 Å². The second-order valence-corrected chi connectivity index (χ2v) is 5.54. The normalized spacial score (nSPS) is 22.1.